The van der Waals surface area contributed by atoms with Crippen LogP contribution >= 0.6 is 27.3 Å². The van der Waals surface area contributed by atoms with Gasteiger partial charge in [0.2, 0.25) is 0 Å². The smallest absolute Gasteiger partial charge is 0.326 e. The van der Waals surface area contributed by atoms with E-state index in [1.807, 2.05) is 0 Å². The van der Waals surface area contributed by atoms with Crippen molar-refractivity contribution < 1.29 is 19.6 Å². The van der Waals surface area contributed by atoms with Crippen LogP contribution in [0.3, 0.4) is 0 Å². The molecule has 0 aromatic carbocycles. The second kappa shape index (κ2) is 8.37. The molecule has 2 aromatic heterocycles. The van der Waals surface area contributed by atoms with Gasteiger partial charge in [0.15, 0.2) is 4.88 Å². The first-order valence-electron chi connectivity index (χ1n) is 7.58. The molecule has 0 bridgehead atoms. The number of carbonyl (C=O) groups excluding carboxylic acids is 1. The van der Waals surface area contributed by atoms with E-state index in [2.05, 4.69) is 20.9 Å². The zero-order chi connectivity index (χ0) is 19.4. The van der Waals surface area contributed by atoms with Crippen molar-refractivity contribution in [1.82, 2.24) is 9.88 Å². The topological polar surface area (TPSA) is 114 Å². The van der Waals surface area contributed by atoms with E-state index in [0.29, 0.717) is 9.35 Å². The summed E-state index contributed by atoms with van der Waals surface area (Å²) in [5.74, 6) is -2.24. The Morgan fingerprint density at radius 1 is 1.38 bits per heavy atom. The van der Waals surface area contributed by atoms with Gasteiger partial charge in [0.05, 0.1) is 8.71 Å². The lowest BCUT2D eigenvalue weighted by atomic mass is 10.0. The van der Waals surface area contributed by atoms with Gasteiger partial charge in [-0.1, -0.05) is 13.8 Å². The van der Waals surface area contributed by atoms with Crippen LogP contribution in [-0.2, 0) is 11.3 Å². The second-order valence-corrected chi connectivity index (χ2v) is 8.27. The normalized spacial score (nSPS) is 12.0. The predicted molar refractivity (Wildman–Crippen MR) is 99.0 cm³/mol. The largest absolute Gasteiger partial charge is 0.480 e. The molecule has 0 aliphatic rings. The number of halogens is 1. The highest BCUT2D eigenvalue weighted by atomic mass is 79.9. The van der Waals surface area contributed by atoms with Crippen molar-refractivity contribution in [1.29, 1.82) is 0 Å². The van der Waals surface area contributed by atoms with Crippen molar-refractivity contribution in [3.05, 3.63) is 54.9 Å². The van der Waals surface area contributed by atoms with Gasteiger partial charge in [-0.05, 0) is 39.5 Å². The molecule has 1 unspecified atom stereocenters. The number of rotatable bonds is 7. The third kappa shape index (κ3) is 4.44. The van der Waals surface area contributed by atoms with Gasteiger partial charge in [-0.25, -0.2) is 4.79 Å². The second-order valence-electron chi connectivity index (χ2n) is 5.84. The van der Waals surface area contributed by atoms with Crippen LogP contribution in [0.2, 0.25) is 0 Å². The first-order chi connectivity index (χ1) is 12.2. The highest BCUT2D eigenvalue weighted by Gasteiger charge is 2.36. The molecule has 0 spiro atoms. The van der Waals surface area contributed by atoms with Crippen molar-refractivity contribution in [2.24, 2.45) is 5.92 Å². The van der Waals surface area contributed by atoms with E-state index in [-0.39, 0.29) is 23.0 Å². The Hall–Kier alpha value is -2.33. The summed E-state index contributed by atoms with van der Waals surface area (Å²) in [4.78, 5) is 40.4. The van der Waals surface area contributed by atoms with Crippen molar-refractivity contribution in [3.63, 3.8) is 0 Å². The van der Waals surface area contributed by atoms with Crippen molar-refractivity contribution >= 4 is 44.8 Å². The maximum atomic E-state index is 13.1. The van der Waals surface area contributed by atoms with E-state index < -0.39 is 22.8 Å². The first kappa shape index (κ1) is 20.0. The summed E-state index contributed by atoms with van der Waals surface area (Å²) in [7, 11) is 0. The SMILES string of the molecule is CC(C)C(C(=O)O)N(Cc1ccncc1)C(=O)c1sc(Br)cc1[N+](=O)[O-]. The number of carboxylic acid groups (broad SMARTS) is 1. The van der Waals surface area contributed by atoms with Crippen molar-refractivity contribution in [3.8, 4) is 0 Å². The lowest BCUT2D eigenvalue weighted by molar-refractivity contribution is -0.384. The van der Waals surface area contributed by atoms with E-state index in [1.165, 1.54) is 18.5 Å². The van der Waals surface area contributed by atoms with Crippen LogP contribution in [-0.4, -0.2) is 37.8 Å². The number of aromatic nitrogens is 1. The third-order valence-corrected chi connectivity index (χ3v) is 5.27. The van der Waals surface area contributed by atoms with E-state index in [9.17, 15) is 24.8 Å². The quantitative estimate of drug-likeness (QED) is 0.518. The van der Waals surface area contributed by atoms with Crippen LogP contribution in [0, 0.1) is 16.0 Å². The molecule has 2 aromatic rings. The number of amides is 1. The Kier molecular flexibility index (Phi) is 6.43. The van der Waals surface area contributed by atoms with Crippen LogP contribution in [0.1, 0.15) is 29.1 Å². The zero-order valence-corrected chi connectivity index (χ0v) is 16.4. The van der Waals surface area contributed by atoms with Gasteiger partial charge in [-0.3, -0.25) is 19.9 Å². The summed E-state index contributed by atoms with van der Waals surface area (Å²) >= 11 is 4.06. The number of hydrogen-bond acceptors (Lipinski definition) is 6. The fraction of sp³-hybridized carbons (Fsp3) is 0.312. The summed E-state index contributed by atoms with van der Waals surface area (Å²) in [5.41, 5.74) is 0.332. The van der Waals surface area contributed by atoms with E-state index in [0.717, 1.165) is 16.2 Å². The third-order valence-electron chi connectivity index (χ3n) is 3.66. The molecule has 26 heavy (non-hydrogen) atoms. The number of nitro groups is 1. The number of thiophene rings is 1. The molecule has 2 heterocycles. The van der Waals surface area contributed by atoms with E-state index in [1.54, 1.807) is 26.0 Å². The van der Waals surface area contributed by atoms with Crippen LogP contribution in [0.25, 0.3) is 0 Å². The molecule has 0 aliphatic carbocycles. The Bertz CT molecular complexity index is 825. The molecular weight excluding hydrogens is 426 g/mol. The lowest BCUT2D eigenvalue weighted by Gasteiger charge is -2.31. The Morgan fingerprint density at radius 3 is 2.50 bits per heavy atom. The summed E-state index contributed by atoms with van der Waals surface area (Å²) in [6.45, 7) is 3.37. The lowest BCUT2D eigenvalue weighted by Crippen LogP contribution is -2.47. The van der Waals surface area contributed by atoms with Gasteiger partial charge in [-0.15, -0.1) is 11.3 Å². The van der Waals surface area contributed by atoms with Crippen molar-refractivity contribution in [2.45, 2.75) is 26.4 Å². The van der Waals surface area contributed by atoms with Crippen LogP contribution in [0.4, 0.5) is 5.69 Å². The minimum atomic E-state index is -1.17. The minimum absolute atomic E-state index is 0.00315. The number of hydrogen-bond donors (Lipinski definition) is 1. The molecular formula is C16H16BrN3O5S. The van der Waals surface area contributed by atoms with Crippen LogP contribution < -0.4 is 0 Å². The molecule has 138 valence electrons. The summed E-state index contributed by atoms with van der Waals surface area (Å²) < 4.78 is 0.424. The monoisotopic (exact) mass is 441 g/mol. The molecule has 0 radical (unpaired) electrons. The maximum absolute atomic E-state index is 13.1. The minimum Gasteiger partial charge on any atom is -0.480 e. The average Bonchev–Trinajstić information content (AvgIpc) is 2.96. The first-order valence-corrected chi connectivity index (χ1v) is 9.19. The zero-order valence-electron chi connectivity index (χ0n) is 14.0. The molecule has 0 saturated carbocycles. The van der Waals surface area contributed by atoms with Crippen LogP contribution in [0.5, 0.6) is 0 Å². The average molecular weight is 442 g/mol. The van der Waals surface area contributed by atoms with Gasteiger partial charge < -0.3 is 10.0 Å². The molecule has 8 nitrogen and oxygen atoms in total. The number of carbonyl (C=O) groups is 2. The summed E-state index contributed by atoms with van der Waals surface area (Å²) in [5, 5.41) is 20.9. The summed E-state index contributed by atoms with van der Waals surface area (Å²) in [6, 6.07) is 3.45. The Morgan fingerprint density at radius 2 is 2.00 bits per heavy atom. The molecule has 10 heteroatoms. The molecule has 0 fully saturated rings. The van der Waals surface area contributed by atoms with Crippen molar-refractivity contribution in [2.75, 3.05) is 0 Å². The summed E-state index contributed by atoms with van der Waals surface area (Å²) in [6.07, 6.45) is 3.07. The highest BCUT2D eigenvalue weighted by Crippen LogP contribution is 2.35. The van der Waals surface area contributed by atoms with E-state index >= 15 is 0 Å². The fourth-order valence-electron chi connectivity index (χ4n) is 2.53. The molecule has 0 aliphatic heterocycles. The standard InChI is InChI=1S/C16H16BrN3O5S/c1-9(2)13(16(22)23)19(8-10-3-5-18-6-4-10)15(21)14-11(20(24)25)7-12(17)26-14/h3-7,9,13H,8H2,1-2H3,(H,22,23). The number of aliphatic carboxylic acids is 1. The van der Waals surface area contributed by atoms with Gasteiger partial charge in [0.1, 0.15) is 6.04 Å². The molecule has 1 N–H and O–H groups in total. The number of pyridine rings is 1. The van der Waals surface area contributed by atoms with Gasteiger partial charge >= 0.3 is 5.97 Å². The van der Waals surface area contributed by atoms with Gasteiger partial charge in [0, 0.05) is 25.0 Å². The Balaban J connectivity index is 2.50. The number of nitrogens with zero attached hydrogens (tertiary/aromatic N) is 3. The predicted octanol–water partition coefficient (Wildman–Crippen LogP) is 3.57. The van der Waals surface area contributed by atoms with Gasteiger partial charge in [-0.2, -0.15) is 0 Å². The van der Waals surface area contributed by atoms with Crippen LogP contribution in [0.15, 0.2) is 34.4 Å². The molecule has 2 rings (SSSR count). The van der Waals surface area contributed by atoms with Gasteiger partial charge in [0.25, 0.3) is 11.6 Å². The maximum Gasteiger partial charge on any atom is 0.326 e. The number of carboxylic acids is 1. The van der Waals surface area contributed by atoms with E-state index in [4.69, 9.17) is 0 Å². The fourth-order valence-corrected chi connectivity index (χ4v) is 4.04. The molecule has 1 atom stereocenters. The molecule has 0 saturated heterocycles. The molecule has 1 amide bonds. The highest BCUT2D eigenvalue weighted by molar-refractivity contribution is 9.11. The Labute approximate surface area is 161 Å².